The Kier molecular flexibility index (Phi) is 3.81. The minimum absolute atomic E-state index is 0.00712. The molecule has 1 aromatic heterocycles. The third-order valence-electron chi connectivity index (χ3n) is 4.83. The van der Waals surface area contributed by atoms with Crippen LogP contribution in [0, 0.1) is 12.8 Å². The van der Waals surface area contributed by atoms with Crippen molar-refractivity contribution in [1.29, 1.82) is 0 Å². The second-order valence-electron chi connectivity index (χ2n) is 6.57. The molecule has 2 N–H and O–H groups in total. The number of rotatable bonds is 2. The summed E-state index contributed by atoms with van der Waals surface area (Å²) in [6.45, 7) is 2.10. The van der Waals surface area contributed by atoms with Gasteiger partial charge < -0.3 is 10.3 Å². The third kappa shape index (κ3) is 2.80. The molecule has 1 amide bonds. The fraction of sp³-hybridized carbons (Fsp3) is 0.250. The smallest absolute Gasteiger partial charge is 0.227 e. The Morgan fingerprint density at radius 1 is 1.21 bits per heavy atom. The van der Waals surface area contributed by atoms with Gasteiger partial charge in [0.05, 0.1) is 0 Å². The molecule has 0 saturated heterocycles. The van der Waals surface area contributed by atoms with Crippen LogP contribution in [0.1, 0.15) is 23.2 Å². The predicted molar refractivity (Wildman–Crippen MR) is 98.6 cm³/mol. The van der Waals surface area contributed by atoms with E-state index in [1.54, 1.807) is 12.1 Å². The summed E-state index contributed by atoms with van der Waals surface area (Å²) in [5.41, 5.74) is 5.80. The van der Waals surface area contributed by atoms with Crippen LogP contribution in [-0.4, -0.2) is 10.9 Å². The molecular formula is C20H19ClN2O. The Balaban J connectivity index is 1.57. The number of fused-ring (bicyclic) bond motifs is 3. The molecule has 0 saturated carbocycles. The molecule has 0 spiro atoms. The van der Waals surface area contributed by atoms with Crippen LogP contribution >= 0.6 is 11.6 Å². The molecule has 3 nitrogen and oxygen atoms in total. The van der Waals surface area contributed by atoms with Crippen LogP contribution in [0.3, 0.4) is 0 Å². The van der Waals surface area contributed by atoms with Gasteiger partial charge in [-0.2, -0.15) is 0 Å². The molecule has 1 heterocycles. The number of carbonyl (C=O) groups excluding carboxylic acids is 1. The summed E-state index contributed by atoms with van der Waals surface area (Å²) in [5, 5.41) is 4.94. The number of aromatic amines is 1. The molecule has 0 fully saturated rings. The van der Waals surface area contributed by atoms with Gasteiger partial charge in [-0.15, -0.1) is 0 Å². The van der Waals surface area contributed by atoms with Crippen LogP contribution < -0.4 is 5.32 Å². The first-order valence-electron chi connectivity index (χ1n) is 8.26. The van der Waals surface area contributed by atoms with Crippen LogP contribution in [-0.2, 0) is 17.6 Å². The van der Waals surface area contributed by atoms with Gasteiger partial charge in [0.15, 0.2) is 0 Å². The van der Waals surface area contributed by atoms with E-state index < -0.39 is 0 Å². The van der Waals surface area contributed by atoms with Gasteiger partial charge in [-0.05, 0) is 68.1 Å². The lowest BCUT2D eigenvalue weighted by Crippen LogP contribution is -2.28. The normalized spacial score (nSPS) is 16.8. The van der Waals surface area contributed by atoms with E-state index in [-0.39, 0.29) is 11.8 Å². The number of hydrogen-bond acceptors (Lipinski definition) is 1. The SMILES string of the molecule is Cc1ccc2[nH]c3c(c2c1)CC(C(=O)Nc1ccc(Cl)cc1)CC3. The summed E-state index contributed by atoms with van der Waals surface area (Å²) in [4.78, 5) is 16.1. The molecule has 1 aliphatic carbocycles. The number of halogens is 1. The lowest BCUT2D eigenvalue weighted by molar-refractivity contribution is -0.120. The molecule has 2 aromatic carbocycles. The number of aromatic nitrogens is 1. The molecule has 1 aliphatic rings. The van der Waals surface area contributed by atoms with Gasteiger partial charge in [0.25, 0.3) is 0 Å². The zero-order valence-electron chi connectivity index (χ0n) is 13.5. The number of hydrogen-bond donors (Lipinski definition) is 2. The van der Waals surface area contributed by atoms with Crippen LogP contribution in [0.4, 0.5) is 5.69 Å². The summed E-state index contributed by atoms with van der Waals surface area (Å²) in [6, 6.07) is 13.7. The monoisotopic (exact) mass is 338 g/mol. The number of aryl methyl sites for hydroxylation is 2. The molecule has 122 valence electrons. The maximum atomic E-state index is 12.6. The molecule has 4 heteroatoms. The van der Waals surface area contributed by atoms with E-state index in [4.69, 9.17) is 11.6 Å². The fourth-order valence-corrected chi connectivity index (χ4v) is 3.66. The second kappa shape index (κ2) is 5.99. The summed E-state index contributed by atoms with van der Waals surface area (Å²) in [6.07, 6.45) is 2.58. The van der Waals surface area contributed by atoms with Gasteiger partial charge in [0, 0.05) is 33.2 Å². The maximum absolute atomic E-state index is 12.6. The van der Waals surface area contributed by atoms with Crippen molar-refractivity contribution in [2.45, 2.75) is 26.2 Å². The summed E-state index contributed by atoms with van der Waals surface area (Å²) in [5.74, 6) is 0.0951. The summed E-state index contributed by atoms with van der Waals surface area (Å²) in [7, 11) is 0. The van der Waals surface area contributed by atoms with Crippen molar-refractivity contribution in [3.05, 3.63) is 64.3 Å². The lowest BCUT2D eigenvalue weighted by Gasteiger charge is -2.22. The van der Waals surface area contributed by atoms with E-state index in [1.165, 1.54) is 27.7 Å². The molecule has 3 aromatic rings. The number of benzene rings is 2. The van der Waals surface area contributed by atoms with Crippen molar-refractivity contribution < 1.29 is 4.79 Å². The van der Waals surface area contributed by atoms with Crippen LogP contribution in [0.2, 0.25) is 5.02 Å². The molecule has 1 atom stereocenters. The van der Waals surface area contributed by atoms with E-state index >= 15 is 0 Å². The molecule has 0 bridgehead atoms. The van der Waals surface area contributed by atoms with Crippen molar-refractivity contribution in [1.82, 2.24) is 4.98 Å². The van der Waals surface area contributed by atoms with Crippen molar-refractivity contribution in [3.8, 4) is 0 Å². The number of carbonyl (C=O) groups is 1. The number of amides is 1. The number of H-pyrrole nitrogens is 1. The van der Waals surface area contributed by atoms with E-state index in [0.29, 0.717) is 5.02 Å². The Labute approximate surface area is 146 Å². The van der Waals surface area contributed by atoms with Gasteiger partial charge in [-0.1, -0.05) is 23.2 Å². The highest BCUT2D eigenvalue weighted by Crippen LogP contribution is 2.32. The second-order valence-corrected chi connectivity index (χ2v) is 7.00. The van der Waals surface area contributed by atoms with Gasteiger partial charge in [0.1, 0.15) is 0 Å². The average molecular weight is 339 g/mol. The van der Waals surface area contributed by atoms with E-state index in [1.807, 2.05) is 12.1 Å². The third-order valence-corrected chi connectivity index (χ3v) is 5.08. The first-order chi connectivity index (χ1) is 11.6. The number of anilines is 1. The minimum Gasteiger partial charge on any atom is -0.358 e. The molecule has 1 unspecified atom stereocenters. The average Bonchev–Trinajstić information content (AvgIpc) is 2.94. The Morgan fingerprint density at radius 3 is 2.79 bits per heavy atom. The quantitative estimate of drug-likeness (QED) is 0.687. The highest BCUT2D eigenvalue weighted by molar-refractivity contribution is 6.30. The highest BCUT2D eigenvalue weighted by atomic mass is 35.5. The van der Waals surface area contributed by atoms with Crippen molar-refractivity contribution in [2.24, 2.45) is 5.92 Å². The largest absolute Gasteiger partial charge is 0.358 e. The van der Waals surface area contributed by atoms with Crippen LogP contribution in [0.15, 0.2) is 42.5 Å². The standard InChI is InChI=1S/C20H19ClN2O/c1-12-2-8-18-16(10-12)17-11-13(3-9-19(17)23-18)20(24)22-15-6-4-14(21)5-7-15/h2,4-8,10,13,23H,3,9,11H2,1H3,(H,22,24). The summed E-state index contributed by atoms with van der Waals surface area (Å²) < 4.78 is 0. The number of nitrogens with one attached hydrogen (secondary N) is 2. The van der Waals surface area contributed by atoms with Crippen molar-refractivity contribution in [3.63, 3.8) is 0 Å². The van der Waals surface area contributed by atoms with Crippen LogP contribution in [0.5, 0.6) is 0 Å². The van der Waals surface area contributed by atoms with Crippen molar-refractivity contribution >= 4 is 34.1 Å². The van der Waals surface area contributed by atoms with E-state index in [2.05, 4.69) is 35.4 Å². The zero-order chi connectivity index (χ0) is 16.7. The molecular weight excluding hydrogens is 320 g/mol. The van der Waals surface area contributed by atoms with Gasteiger partial charge >= 0.3 is 0 Å². The molecule has 24 heavy (non-hydrogen) atoms. The summed E-state index contributed by atoms with van der Waals surface area (Å²) >= 11 is 5.89. The van der Waals surface area contributed by atoms with Gasteiger partial charge in [-0.25, -0.2) is 0 Å². The van der Waals surface area contributed by atoms with Crippen LogP contribution in [0.25, 0.3) is 10.9 Å². The Morgan fingerprint density at radius 2 is 2.00 bits per heavy atom. The molecule has 4 rings (SSSR count). The maximum Gasteiger partial charge on any atom is 0.227 e. The van der Waals surface area contributed by atoms with Crippen molar-refractivity contribution in [2.75, 3.05) is 5.32 Å². The lowest BCUT2D eigenvalue weighted by atomic mass is 9.85. The van der Waals surface area contributed by atoms with Gasteiger partial charge in [0.2, 0.25) is 5.91 Å². The van der Waals surface area contributed by atoms with Gasteiger partial charge in [-0.3, -0.25) is 4.79 Å². The first kappa shape index (κ1) is 15.3. The van der Waals surface area contributed by atoms with E-state index in [0.717, 1.165) is 24.9 Å². The predicted octanol–water partition coefficient (Wildman–Crippen LogP) is 4.87. The highest BCUT2D eigenvalue weighted by Gasteiger charge is 2.27. The minimum atomic E-state index is 0.00712. The topological polar surface area (TPSA) is 44.9 Å². The molecule has 0 aliphatic heterocycles. The zero-order valence-corrected chi connectivity index (χ0v) is 14.3. The Hall–Kier alpha value is -2.26. The fourth-order valence-electron chi connectivity index (χ4n) is 3.53. The van der Waals surface area contributed by atoms with E-state index in [9.17, 15) is 4.79 Å². The Bertz CT molecular complexity index is 911. The first-order valence-corrected chi connectivity index (χ1v) is 8.64. The molecule has 0 radical (unpaired) electrons.